The average molecular weight is 411 g/mol. The maximum atomic E-state index is 13.7. The van der Waals surface area contributed by atoms with Crippen molar-refractivity contribution in [2.45, 2.75) is 12.0 Å². The topological polar surface area (TPSA) is 81.2 Å². The van der Waals surface area contributed by atoms with Crippen molar-refractivity contribution < 1.29 is 23.8 Å². The first-order chi connectivity index (χ1) is 14.6. The van der Waals surface area contributed by atoms with Crippen LogP contribution in [-0.4, -0.2) is 74.2 Å². The van der Waals surface area contributed by atoms with E-state index in [1.54, 1.807) is 43.6 Å². The summed E-state index contributed by atoms with van der Waals surface area (Å²) in [6.07, 6.45) is 3.38. The van der Waals surface area contributed by atoms with Gasteiger partial charge in [0.05, 0.1) is 39.4 Å². The molecule has 2 unspecified atom stereocenters. The zero-order valence-corrected chi connectivity index (χ0v) is 17.3. The number of amides is 2. The number of carbonyl (C=O) groups is 2. The van der Waals surface area contributed by atoms with Gasteiger partial charge in [0.25, 0.3) is 5.91 Å². The number of carbonyl (C=O) groups excluding carboxylic acids is 2. The molecule has 8 nitrogen and oxygen atoms in total. The zero-order chi connectivity index (χ0) is 21.3. The lowest BCUT2D eigenvalue weighted by atomic mass is 9.79. The van der Waals surface area contributed by atoms with E-state index in [1.807, 2.05) is 17.0 Å². The minimum absolute atomic E-state index is 0.0417. The molecule has 0 aliphatic carbocycles. The number of morpholine rings is 1. The third kappa shape index (κ3) is 3.37. The van der Waals surface area contributed by atoms with E-state index < -0.39 is 12.0 Å². The fourth-order valence-corrected chi connectivity index (χ4v) is 4.26. The van der Waals surface area contributed by atoms with Gasteiger partial charge in [0.15, 0.2) is 11.5 Å². The van der Waals surface area contributed by atoms with Crippen LogP contribution in [-0.2, 0) is 9.53 Å². The molecular formula is C22H25N3O5. The molecule has 0 N–H and O–H groups in total. The third-order valence-electron chi connectivity index (χ3n) is 5.79. The largest absolute Gasteiger partial charge is 0.493 e. The van der Waals surface area contributed by atoms with Crippen LogP contribution in [0.4, 0.5) is 0 Å². The number of benzene rings is 1. The predicted molar refractivity (Wildman–Crippen MR) is 109 cm³/mol. The van der Waals surface area contributed by atoms with Crippen LogP contribution < -0.4 is 9.47 Å². The number of nitrogens with zero attached hydrogens (tertiary/aromatic N) is 3. The molecule has 2 aliphatic rings. The normalized spacial score (nSPS) is 21.2. The van der Waals surface area contributed by atoms with Gasteiger partial charge < -0.3 is 24.0 Å². The van der Waals surface area contributed by atoms with E-state index in [0.29, 0.717) is 48.9 Å². The van der Waals surface area contributed by atoms with Gasteiger partial charge in [0.1, 0.15) is 0 Å². The second-order valence-corrected chi connectivity index (χ2v) is 7.36. The first kappa shape index (κ1) is 20.2. The van der Waals surface area contributed by atoms with Crippen LogP contribution in [0.1, 0.15) is 33.4 Å². The Morgan fingerprint density at radius 3 is 2.50 bits per heavy atom. The monoisotopic (exact) mass is 411 g/mol. The number of pyridine rings is 1. The van der Waals surface area contributed by atoms with Gasteiger partial charge in [-0.1, -0.05) is 6.07 Å². The van der Waals surface area contributed by atoms with Gasteiger partial charge >= 0.3 is 0 Å². The highest BCUT2D eigenvalue weighted by Gasteiger charge is 2.45. The number of fused-ring (bicyclic) bond motifs is 1. The van der Waals surface area contributed by atoms with Crippen molar-refractivity contribution >= 4 is 11.8 Å². The Balaban J connectivity index is 1.89. The second kappa shape index (κ2) is 8.31. The Kier molecular flexibility index (Phi) is 5.59. The van der Waals surface area contributed by atoms with Crippen LogP contribution >= 0.6 is 0 Å². The van der Waals surface area contributed by atoms with Crippen LogP contribution in [0.15, 0.2) is 36.7 Å². The fraction of sp³-hybridized carbons (Fsp3) is 0.409. The minimum atomic E-state index is -0.593. The molecule has 0 radical (unpaired) electrons. The Morgan fingerprint density at radius 2 is 1.87 bits per heavy atom. The highest BCUT2D eigenvalue weighted by molar-refractivity contribution is 6.02. The summed E-state index contributed by atoms with van der Waals surface area (Å²) in [6, 6.07) is 6.64. The fourth-order valence-electron chi connectivity index (χ4n) is 4.26. The summed E-state index contributed by atoms with van der Waals surface area (Å²) >= 11 is 0. The van der Waals surface area contributed by atoms with E-state index in [9.17, 15) is 9.59 Å². The van der Waals surface area contributed by atoms with Gasteiger partial charge in [-0.2, -0.15) is 0 Å². The van der Waals surface area contributed by atoms with Crippen LogP contribution in [0.2, 0.25) is 0 Å². The van der Waals surface area contributed by atoms with Gasteiger partial charge in [-0.3, -0.25) is 14.6 Å². The molecule has 0 spiro atoms. The lowest BCUT2D eigenvalue weighted by Gasteiger charge is -2.42. The SMILES string of the molecule is COc1cc2c(cc1OC)C(C(=O)N1CCOCC1)C(c1cccnc1)N(C)C2=O. The Labute approximate surface area is 175 Å². The van der Waals surface area contributed by atoms with Crippen LogP contribution in [0, 0.1) is 0 Å². The van der Waals surface area contributed by atoms with Crippen molar-refractivity contribution in [3.63, 3.8) is 0 Å². The van der Waals surface area contributed by atoms with Crippen LogP contribution in [0.3, 0.4) is 0 Å². The van der Waals surface area contributed by atoms with Crippen LogP contribution in [0.25, 0.3) is 0 Å². The Hall–Kier alpha value is -3.13. The van der Waals surface area contributed by atoms with Crippen molar-refractivity contribution in [3.05, 3.63) is 53.3 Å². The van der Waals surface area contributed by atoms with Crippen molar-refractivity contribution in [3.8, 4) is 11.5 Å². The first-order valence-corrected chi connectivity index (χ1v) is 9.86. The summed E-state index contributed by atoms with van der Waals surface area (Å²) in [5.74, 6) is 0.129. The molecular weight excluding hydrogens is 386 g/mol. The molecule has 4 rings (SSSR count). The zero-order valence-electron chi connectivity index (χ0n) is 17.3. The highest BCUT2D eigenvalue weighted by Crippen LogP contribution is 2.46. The van der Waals surface area contributed by atoms with Gasteiger partial charge in [0.2, 0.25) is 5.91 Å². The molecule has 2 amide bonds. The maximum absolute atomic E-state index is 13.7. The summed E-state index contributed by atoms with van der Waals surface area (Å²) in [5.41, 5.74) is 1.89. The summed E-state index contributed by atoms with van der Waals surface area (Å²) in [5, 5.41) is 0. The molecule has 1 aromatic carbocycles. The van der Waals surface area contributed by atoms with Gasteiger partial charge in [-0.25, -0.2) is 0 Å². The van der Waals surface area contributed by atoms with Crippen molar-refractivity contribution in [2.24, 2.45) is 0 Å². The molecule has 3 heterocycles. The minimum Gasteiger partial charge on any atom is -0.493 e. The number of aromatic nitrogens is 1. The summed E-state index contributed by atoms with van der Waals surface area (Å²) in [7, 11) is 4.79. The quantitative estimate of drug-likeness (QED) is 0.764. The molecule has 0 bridgehead atoms. The third-order valence-corrected chi connectivity index (χ3v) is 5.79. The molecule has 30 heavy (non-hydrogen) atoms. The van der Waals surface area contributed by atoms with Crippen molar-refractivity contribution in [1.29, 1.82) is 0 Å². The second-order valence-electron chi connectivity index (χ2n) is 7.36. The molecule has 2 atom stereocenters. The maximum Gasteiger partial charge on any atom is 0.254 e. The lowest BCUT2D eigenvalue weighted by Crippen LogP contribution is -2.49. The molecule has 1 aromatic heterocycles. The number of hydrogen-bond donors (Lipinski definition) is 0. The molecule has 8 heteroatoms. The number of likely N-dealkylation sites (N-methyl/N-ethyl adjacent to an activating group) is 1. The van der Waals surface area contributed by atoms with Gasteiger partial charge in [-0.15, -0.1) is 0 Å². The van der Waals surface area contributed by atoms with Crippen molar-refractivity contribution in [2.75, 3.05) is 47.6 Å². The number of hydrogen-bond acceptors (Lipinski definition) is 6. The number of ether oxygens (including phenoxy) is 3. The van der Waals surface area contributed by atoms with Crippen LogP contribution in [0.5, 0.6) is 11.5 Å². The predicted octanol–water partition coefficient (Wildman–Crippen LogP) is 1.87. The Bertz CT molecular complexity index is 943. The molecule has 2 aliphatic heterocycles. The van der Waals surface area contributed by atoms with E-state index in [1.165, 1.54) is 7.11 Å². The van der Waals surface area contributed by atoms with E-state index in [0.717, 1.165) is 5.56 Å². The van der Waals surface area contributed by atoms with Gasteiger partial charge in [-0.05, 0) is 29.3 Å². The smallest absolute Gasteiger partial charge is 0.254 e. The number of rotatable bonds is 4. The Morgan fingerprint density at radius 1 is 1.17 bits per heavy atom. The standard InChI is InChI=1S/C22H25N3O5/c1-24-20(14-5-4-6-23-13-14)19(22(27)25-7-9-30-10-8-25)15-11-17(28-2)18(29-3)12-16(15)21(24)26/h4-6,11-13,19-20H,7-10H2,1-3H3. The van der Waals surface area contributed by atoms with Gasteiger partial charge in [0, 0.05) is 38.1 Å². The molecule has 2 aromatic rings. The molecule has 0 saturated carbocycles. The van der Waals surface area contributed by atoms with E-state index in [-0.39, 0.29) is 11.8 Å². The van der Waals surface area contributed by atoms with E-state index in [2.05, 4.69) is 4.98 Å². The molecule has 1 saturated heterocycles. The van der Waals surface area contributed by atoms with E-state index >= 15 is 0 Å². The molecule has 1 fully saturated rings. The first-order valence-electron chi connectivity index (χ1n) is 9.86. The lowest BCUT2D eigenvalue weighted by molar-refractivity contribution is -0.138. The summed E-state index contributed by atoms with van der Waals surface area (Å²) in [4.78, 5) is 34.7. The van der Waals surface area contributed by atoms with E-state index in [4.69, 9.17) is 14.2 Å². The highest BCUT2D eigenvalue weighted by atomic mass is 16.5. The summed E-state index contributed by atoms with van der Waals surface area (Å²) in [6.45, 7) is 2.05. The molecule has 158 valence electrons. The summed E-state index contributed by atoms with van der Waals surface area (Å²) < 4.78 is 16.3. The van der Waals surface area contributed by atoms with Crippen molar-refractivity contribution in [1.82, 2.24) is 14.8 Å². The number of methoxy groups -OCH3 is 2. The average Bonchev–Trinajstić information content (AvgIpc) is 2.81.